The van der Waals surface area contributed by atoms with Crippen LogP contribution in [-0.2, 0) is 4.74 Å². The maximum absolute atomic E-state index is 5.31. The summed E-state index contributed by atoms with van der Waals surface area (Å²) in [6, 6.07) is 2.19. The van der Waals surface area contributed by atoms with Crippen LogP contribution in [-0.4, -0.2) is 46.6 Å². The Hall–Kier alpha value is -1.69. The van der Waals surface area contributed by atoms with Crippen LogP contribution in [0.1, 0.15) is 45.2 Å². The lowest BCUT2D eigenvalue weighted by Gasteiger charge is -2.36. The van der Waals surface area contributed by atoms with Gasteiger partial charge in [-0.25, -0.2) is 0 Å². The number of ether oxygens (including phenoxy) is 1. The van der Waals surface area contributed by atoms with Gasteiger partial charge in [-0.2, -0.15) is 9.61 Å². The van der Waals surface area contributed by atoms with Crippen LogP contribution in [0.4, 0.5) is 5.69 Å². The Morgan fingerprint density at radius 3 is 2.65 bits per heavy atom. The molecule has 0 amide bonds. The molecule has 2 aromatic heterocycles. The van der Waals surface area contributed by atoms with E-state index in [1.54, 1.807) is 13.4 Å². The molecule has 1 atom stereocenters. The highest BCUT2D eigenvalue weighted by molar-refractivity contribution is 5.68. The molecule has 3 heterocycles. The fraction of sp³-hybridized carbons (Fsp3) is 0.706. The first-order valence-corrected chi connectivity index (χ1v) is 8.55. The number of methoxy groups -OCH3 is 1. The van der Waals surface area contributed by atoms with Crippen LogP contribution in [0.5, 0.6) is 0 Å². The summed E-state index contributed by atoms with van der Waals surface area (Å²) < 4.78 is 7.12. The Bertz CT molecular complexity index is 645. The zero-order chi connectivity index (χ0) is 16.4. The highest BCUT2D eigenvalue weighted by atomic mass is 16.5. The van der Waals surface area contributed by atoms with Crippen LogP contribution >= 0.6 is 0 Å². The number of fused-ring (bicyclic) bond motifs is 1. The Labute approximate surface area is 137 Å². The largest absolute Gasteiger partial charge is 0.384 e. The van der Waals surface area contributed by atoms with Gasteiger partial charge < -0.3 is 9.64 Å². The van der Waals surface area contributed by atoms with E-state index in [1.807, 2.05) is 4.52 Å². The molecule has 1 saturated heterocycles. The van der Waals surface area contributed by atoms with Crippen LogP contribution in [0.25, 0.3) is 5.65 Å². The van der Waals surface area contributed by atoms with Crippen LogP contribution in [0.15, 0.2) is 12.4 Å². The smallest absolute Gasteiger partial charge is 0.200 e. The molecule has 3 rings (SSSR count). The van der Waals surface area contributed by atoms with Gasteiger partial charge >= 0.3 is 0 Å². The standard InChI is InChI=1S/C17H27N5O/c1-12(2)15-9-16(17-19-18-11-22(17)20-15)21-7-5-14(6-8-21)13(3)10-23-4/h9,11-14H,5-8,10H2,1-4H3. The van der Waals surface area contributed by atoms with Crippen LogP contribution in [0, 0.1) is 11.8 Å². The molecule has 1 unspecified atom stereocenters. The van der Waals surface area contributed by atoms with Crippen molar-refractivity contribution in [2.75, 3.05) is 31.7 Å². The lowest BCUT2D eigenvalue weighted by atomic mass is 9.86. The Morgan fingerprint density at radius 1 is 1.26 bits per heavy atom. The maximum Gasteiger partial charge on any atom is 0.200 e. The Balaban J connectivity index is 1.80. The molecule has 0 N–H and O–H groups in total. The van der Waals surface area contributed by atoms with E-state index in [4.69, 9.17) is 4.74 Å². The van der Waals surface area contributed by atoms with Gasteiger partial charge in [-0.05, 0) is 36.7 Å². The average molecular weight is 317 g/mol. The molecule has 6 nitrogen and oxygen atoms in total. The third kappa shape index (κ3) is 3.32. The van der Waals surface area contributed by atoms with Gasteiger partial charge in [-0.15, -0.1) is 10.2 Å². The van der Waals surface area contributed by atoms with Crippen molar-refractivity contribution in [1.29, 1.82) is 0 Å². The van der Waals surface area contributed by atoms with E-state index in [1.165, 1.54) is 18.5 Å². The van der Waals surface area contributed by atoms with Gasteiger partial charge in [0.25, 0.3) is 0 Å². The highest BCUT2D eigenvalue weighted by Crippen LogP contribution is 2.31. The molecule has 0 radical (unpaired) electrons. The second-order valence-corrected chi connectivity index (χ2v) is 6.97. The lowest BCUT2D eigenvalue weighted by Crippen LogP contribution is -2.37. The van der Waals surface area contributed by atoms with Gasteiger partial charge in [0.15, 0.2) is 0 Å². The minimum Gasteiger partial charge on any atom is -0.384 e. The lowest BCUT2D eigenvalue weighted by molar-refractivity contribution is 0.120. The SMILES string of the molecule is COCC(C)C1CCN(c2cc(C(C)C)nn3cnnc23)CC1. The van der Waals surface area contributed by atoms with E-state index in [0.717, 1.165) is 37.0 Å². The summed E-state index contributed by atoms with van der Waals surface area (Å²) in [6.45, 7) is 9.60. The molecule has 1 aliphatic rings. The summed E-state index contributed by atoms with van der Waals surface area (Å²) in [6.07, 6.45) is 4.09. The third-order valence-corrected chi connectivity index (χ3v) is 4.97. The molecule has 0 bridgehead atoms. The van der Waals surface area contributed by atoms with E-state index in [0.29, 0.717) is 11.8 Å². The molecule has 2 aromatic rings. The monoisotopic (exact) mass is 317 g/mol. The minimum absolute atomic E-state index is 0.389. The van der Waals surface area contributed by atoms with E-state index in [2.05, 4.69) is 47.0 Å². The molecular formula is C17H27N5O. The fourth-order valence-corrected chi connectivity index (χ4v) is 3.45. The molecule has 0 aliphatic carbocycles. The zero-order valence-corrected chi connectivity index (χ0v) is 14.6. The molecule has 23 heavy (non-hydrogen) atoms. The zero-order valence-electron chi connectivity index (χ0n) is 14.6. The second-order valence-electron chi connectivity index (χ2n) is 6.97. The molecule has 1 aliphatic heterocycles. The van der Waals surface area contributed by atoms with Gasteiger partial charge in [-0.3, -0.25) is 0 Å². The number of aromatic nitrogens is 4. The van der Waals surface area contributed by atoms with Gasteiger partial charge in [-0.1, -0.05) is 20.8 Å². The molecule has 1 fully saturated rings. The molecule has 0 saturated carbocycles. The van der Waals surface area contributed by atoms with Crippen molar-refractivity contribution in [1.82, 2.24) is 19.8 Å². The molecule has 0 aromatic carbocycles. The molecular weight excluding hydrogens is 290 g/mol. The van der Waals surface area contributed by atoms with E-state index < -0.39 is 0 Å². The number of rotatable bonds is 5. The van der Waals surface area contributed by atoms with Crippen LogP contribution in [0.2, 0.25) is 0 Å². The van der Waals surface area contributed by atoms with Gasteiger partial charge in [0.1, 0.15) is 6.33 Å². The van der Waals surface area contributed by atoms with Crippen molar-refractivity contribution < 1.29 is 4.74 Å². The van der Waals surface area contributed by atoms with Crippen molar-refractivity contribution in [3.8, 4) is 0 Å². The predicted octanol–water partition coefficient (Wildman–Crippen LogP) is 2.75. The molecule has 0 spiro atoms. The van der Waals surface area contributed by atoms with Gasteiger partial charge in [0.05, 0.1) is 11.4 Å². The fourth-order valence-electron chi connectivity index (χ4n) is 3.45. The average Bonchev–Trinajstić information content (AvgIpc) is 3.02. The molecule has 126 valence electrons. The number of nitrogens with zero attached hydrogens (tertiary/aromatic N) is 5. The Kier molecular flexibility index (Phi) is 4.80. The third-order valence-electron chi connectivity index (χ3n) is 4.97. The van der Waals surface area contributed by atoms with Crippen molar-refractivity contribution in [3.05, 3.63) is 18.1 Å². The number of hydrogen-bond donors (Lipinski definition) is 0. The summed E-state index contributed by atoms with van der Waals surface area (Å²) in [5, 5.41) is 12.9. The summed E-state index contributed by atoms with van der Waals surface area (Å²) in [5.74, 6) is 1.75. The predicted molar refractivity (Wildman–Crippen MR) is 90.8 cm³/mol. The first kappa shape index (κ1) is 16.2. The van der Waals surface area contributed by atoms with Crippen molar-refractivity contribution in [2.45, 2.75) is 39.5 Å². The maximum atomic E-state index is 5.31. The van der Waals surface area contributed by atoms with Crippen molar-refractivity contribution in [3.63, 3.8) is 0 Å². The Morgan fingerprint density at radius 2 is 2.00 bits per heavy atom. The van der Waals surface area contributed by atoms with Crippen molar-refractivity contribution >= 4 is 11.3 Å². The van der Waals surface area contributed by atoms with Crippen molar-refractivity contribution in [2.24, 2.45) is 11.8 Å². The van der Waals surface area contributed by atoms with E-state index in [-0.39, 0.29) is 0 Å². The summed E-state index contributed by atoms with van der Waals surface area (Å²) in [4.78, 5) is 2.44. The summed E-state index contributed by atoms with van der Waals surface area (Å²) in [5.41, 5.74) is 3.11. The first-order valence-electron chi connectivity index (χ1n) is 8.55. The normalized spacial score (nSPS) is 18.0. The van der Waals surface area contributed by atoms with Crippen LogP contribution < -0.4 is 4.90 Å². The second kappa shape index (κ2) is 6.83. The molecule has 6 heteroatoms. The number of anilines is 1. The topological polar surface area (TPSA) is 55.5 Å². The van der Waals surface area contributed by atoms with Crippen LogP contribution in [0.3, 0.4) is 0 Å². The summed E-state index contributed by atoms with van der Waals surface area (Å²) >= 11 is 0. The number of hydrogen-bond acceptors (Lipinski definition) is 5. The summed E-state index contributed by atoms with van der Waals surface area (Å²) in [7, 11) is 1.79. The first-order chi connectivity index (χ1) is 11.1. The van der Waals surface area contributed by atoms with Gasteiger partial charge in [0, 0.05) is 26.8 Å². The quantitative estimate of drug-likeness (QED) is 0.849. The van der Waals surface area contributed by atoms with E-state index in [9.17, 15) is 0 Å². The number of piperidine rings is 1. The highest BCUT2D eigenvalue weighted by Gasteiger charge is 2.26. The van der Waals surface area contributed by atoms with E-state index >= 15 is 0 Å². The van der Waals surface area contributed by atoms with Gasteiger partial charge in [0.2, 0.25) is 5.65 Å². The minimum atomic E-state index is 0.389.